The highest BCUT2D eigenvalue weighted by molar-refractivity contribution is 8.00. The smallest absolute Gasteiger partial charge is 0.0261 e. The molecule has 0 spiro atoms. The Balaban J connectivity index is 2.09. The van der Waals surface area contributed by atoms with E-state index in [2.05, 4.69) is 39.5 Å². The zero-order valence-electron chi connectivity index (χ0n) is 15.0. The van der Waals surface area contributed by atoms with Gasteiger partial charge >= 0.3 is 0 Å². The number of hydrogen-bond donors (Lipinski definition) is 0. The van der Waals surface area contributed by atoms with E-state index in [1.807, 2.05) is 0 Å². The standard InChI is InChI=1S/C20H38S/c1-5-6-7-8-9-10-11-12-15-21-20-16-18(4)13-14-19(20)17(2)3/h18,20H,5-16H2,1-4H3. The average Bonchev–Trinajstić information content (AvgIpc) is 2.45. The van der Waals surface area contributed by atoms with Crippen LogP contribution >= 0.6 is 11.8 Å². The molecule has 0 aromatic heterocycles. The van der Waals surface area contributed by atoms with Crippen molar-refractivity contribution < 1.29 is 0 Å². The third kappa shape index (κ3) is 8.33. The molecule has 0 aromatic carbocycles. The van der Waals surface area contributed by atoms with E-state index >= 15 is 0 Å². The molecule has 0 nitrogen and oxygen atoms in total. The molecule has 1 aliphatic carbocycles. The van der Waals surface area contributed by atoms with E-state index in [0.29, 0.717) is 0 Å². The Kier molecular flexibility index (Phi) is 10.6. The molecule has 0 radical (unpaired) electrons. The summed E-state index contributed by atoms with van der Waals surface area (Å²) < 4.78 is 0. The molecule has 1 saturated carbocycles. The van der Waals surface area contributed by atoms with Gasteiger partial charge in [0.2, 0.25) is 0 Å². The van der Waals surface area contributed by atoms with Crippen LogP contribution in [0.2, 0.25) is 0 Å². The minimum atomic E-state index is 0.836. The van der Waals surface area contributed by atoms with Crippen LogP contribution in [0.15, 0.2) is 11.1 Å². The SMILES string of the molecule is CCCCCCCCCCSC1CC(C)CCC1=C(C)C. The molecule has 1 heteroatoms. The largest absolute Gasteiger partial charge is 0.154 e. The van der Waals surface area contributed by atoms with Gasteiger partial charge in [-0.15, -0.1) is 0 Å². The summed E-state index contributed by atoms with van der Waals surface area (Å²) in [7, 11) is 0. The van der Waals surface area contributed by atoms with Crippen molar-refractivity contribution >= 4 is 11.8 Å². The fourth-order valence-electron chi connectivity index (χ4n) is 3.39. The first-order chi connectivity index (χ1) is 10.1. The van der Waals surface area contributed by atoms with Gasteiger partial charge in [-0.2, -0.15) is 11.8 Å². The first kappa shape index (κ1) is 19.1. The topological polar surface area (TPSA) is 0 Å². The summed E-state index contributed by atoms with van der Waals surface area (Å²) in [6.07, 6.45) is 15.7. The van der Waals surface area contributed by atoms with Crippen LogP contribution in [0.1, 0.15) is 98.3 Å². The molecule has 0 aliphatic heterocycles. The molecule has 0 amide bonds. The van der Waals surface area contributed by atoms with Crippen LogP contribution in [0.25, 0.3) is 0 Å². The minimum Gasteiger partial charge on any atom is -0.154 e. The van der Waals surface area contributed by atoms with Gasteiger partial charge in [0.1, 0.15) is 0 Å². The third-order valence-corrected chi connectivity index (χ3v) is 6.27. The van der Waals surface area contributed by atoms with Gasteiger partial charge in [-0.25, -0.2) is 0 Å². The molecule has 1 fully saturated rings. The highest BCUT2D eigenvalue weighted by atomic mass is 32.2. The van der Waals surface area contributed by atoms with Crippen LogP contribution in [0, 0.1) is 5.92 Å². The second-order valence-electron chi connectivity index (χ2n) is 7.24. The van der Waals surface area contributed by atoms with E-state index in [4.69, 9.17) is 0 Å². The van der Waals surface area contributed by atoms with Crippen molar-refractivity contribution in [2.75, 3.05) is 5.75 Å². The van der Waals surface area contributed by atoms with E-state index in [0.717, 1.165) is 11.2 Å². The summed E-state index contributed by atoms with van der Waals surface area (Å²) in [5.41, 5.74) is 3.37. The van der Waals surface area contributed by atoms with E-state index < -0.39 is 0 Å². The van der Waals surface area contributed by atoms with Crippen LogP contribution in [-0.2, 0) is 0 Å². The summed E-state index contributed by atoms with van der Waals surface area (Å²) >= 11 is 2.25. The van der Waals surface area contributed by atoms with Crippen molar-refractivity contribution in [3.05, 3.63) is 11.1 Å². The molecule has 0 aromatic rings. The van der Waals surface area contributed by atoms with Crippen molar-refractivity contribution in [3.8, 4) is 0 Å². The number of rotatable bonds is 10. The first-order valence-corrected chi connectivity index (χ1v) is 10.5. The maximum atomic E-state index is 2.44. The molecule has 1 rings (SSSR count). The molecule has 0 N–H and O–H groups in total. The molecule has 21 heavy (non-hydrogen) atoms. The number of thioether (sulfide) groups is 1. The van der Waals surface area contributed by atoms with Crippen molar-refractivity contribution in [2.45, 2.75) is 104 Å². The minimum absolute atomic E-state index is 0.836. The monoisotopic (exact) mass is 310 g/mol. The van der Waals surface area contributed by atoms with Gasteiger partial charge in [0.25, 0.3) is 0 Å². The molecule has 124 valence electrons. The average molecular weight is 311 g/mol. The number of allylic oxidation sites excluding steroid dienone is 1. The van der Waals surface area contributed by atoms with Crippen LogP contribution in [0.3, 0.4) is 0 Å². The van der Waals surface area contributed by atoms with Gasteiger partial charge in [0, 0.05) is 5.25 Å². The molecule has 0 heterocycles. The van der Waals surface area contributed by atoms with E-state index in [1.54, 1.807) is 11.1 Å². The lowest BCUT2D eigenvalue weighted by Gasteiger charge is -2.30. The van der Waals surface area contributed by atoms with Gasteiger partial charge in [-0.1, -0.05) is 69.9 Å². The number of unbranched alkanes of at least 4 members (excludes halogenated alkanes) is 7. The summed E-state index contributed by atoms with van der Waals surface area (Å²) in [6, 6.07) is 0. The Morgan fingerprint density at radius 3 is 2.24 bits per heavy atom. The molecule has 2 unspecified atom stereocenters. The van der Waals surface area contributed by atoms with Crippen LogP contribution < -0.4 is 0 Å². The zero-order valence-corrected chi connectivity index (χ0v) is 15.9. The van der Waals surface area contributed by atoms with Gasteiger partial charge in [0.15, 0.2) is 0 Å². The summed E-state index contributed by atoms with van der Waals surface area (Å²) in [4.78, 5) is 0. The van der Waals surface area contributed by atoms with Crippen molar-refractivity contribution in [2.24, 2.45) is 5.92 Å². The van der Waals surface area contributed by atoms with Gasteiger partial charge < -0.3 is 0 Å². The maximum absolute atomic E-state index is 2.44. The van der Waals surface area contributed by atoms with Crippen molar-refractivity contribution in [1.82, 2.24) is 0 Å². The van der Waals surface area contributed by atoms with Gasteiger partial charge in [-0.05, 0) is 51.2 Å². The molecule has 2 atom stereocenters. The second-order valence-corrected chi connectivity index (χ2v) is 8.55. The van der Waals surface area contributed by atoms with Crippen molar-refractivity contribution in [1.29, 1.82) is 0 Å². The lowest BCUT2D eigenvalue weighted by molar-refractivity contribution is 0.448. The Bertz CT molecular complexity index is 288. The fraction of sp³-hybridized carbons (Fsp3) is 0.900. The maximum Gasteiger partial charge on any atom is 0.0261 e. The normalized spacial score (nSPS) is 22.6. The Morgan fingerprint density at radius 2 is 1.62 bits per heavy atom. The Morgan fingerprint density at radius 1 is 1.00 bits per heavy atom. The molecule has 0 bridgehead atoms. The summed E-state index contributed by atoms with van der Waals surface area (Å²) in [5, 5.41) is 0.836. The fourth-order valence-corrected chi connectivity index (χ4v) is 5.07. The summed E-state index contributed by atoms with van der Waals surface area (Å²) in [5.74, 6) is 2.31. The first-order valence-electron chi connectivity index (χ1n) is 9.43. The van der Waals surface area contributed by atoms with Crippen LogP contribution in [-0.4, -0.2) is 11.0 Å². The lowest BCUT2D eigenvalue weighted by atomic mass is 9.85. The Labute approximate surface area is 138 Å². The highest BCUT2D eigenvalue weighted by Gasteiger charge is 2.24. The second kappa shape index (κ2) is 11.6. The number of hydrogen-bond acceptors (Lipinski definition) is 1. The summed E-state index contributed by atoms with van der Waals surface area (Å²) in [6.45, 7) is 9.36. The zero-order chi connectivity index (χ0) is 15.5. The van der Waals surface area contributed by atoms with E-state index in [-0.39, 0.29) is 0 Å². The predicted octanol–water partition coefficient (Wildman–Crippen LogP) is 7.39. The molecular weight excluding hydrogens is 272 g/mol. The van der Waals surface area contributed by atoms with Crippen LogP contribution in [0.4, 0.5) is 0 Å². The van der Waals surface area contributed by atoms with Gasteiger partial charge in [-0.3, -0.25) is 0 Å². The van der Waals surface area contributed by atoms with Crippen LogP contribution in [0.5, 0.6) is 0 Å². The Hall–Kier alpha value is 0.0900. The molecule has 1 aliphatic rings. The third-order valence-electron chi connectivity index (χ3n) is 4.87. The highest BCUT2D eigenvalue weighted by Crippen LogP contribution is 2.37. The molecular formula is C20H38S. The van der Waals surface area contributed by atoms with Crippen molar-refractivity contribution in [3.63, 3.8) is 0 Å². The predicted molar refractivity (Wildman–Crippen MR) is 100 cm³/mol. The van der Waals surface area contributed by atoms with E-state index in [9.17, 15) is 0 Å². The quantitative estimate of drug-likeness (QED) is 0.299. The van der Waals surface area contributed by atoms with E-state index in [1.165, 1.54) is 76.4 Å². The molecule has 0 saturated heterocycles. The van der Waals surface area contributed by atoms with Gasteiger partial charge in [0.05, 0.1) is 0 Å². The lowest BCUT2D eigenvalue weighted by Crippen LogP contribution is -2.19.